The Balaban J connectivity index is 2.96. The summed E-state index contributed by atoms with van der Waals surface area (Å²) in [5, 5.41) is 9.29. The predicted molar refractivity (Wildman–Crippen MR) is 59.5 cm³/mol. The molecule has 0 aliphatic carbocycles. The standard InChI is InChI=1S/C10H13IO/c1-3-7(2)8-4-5-10(12)9(11)6-8/h4-7,12H,3H2,1-2H3. The van der Waals surface area contributed by atoms with Crippen molar-refractivity contribution < 1.29 is 5.11 Å². The van der Waals surface area contributed by atoms with Crippen molar-refractivity contribution in [2.24, 2.45) is 0 Å². The summed E-state index contributed by atoms with van der Waals surface area (Å²) in [5.41, 5.74) is 1.31. The Kier molecular flexibility index (Phi) is 3.38. The highest BCUT2D eigenvalue weighted by molar-refractivity contribution is 14.1. The zero-order valence-electron chi connectivity index (χ0n) is 7.34. The predicted octanol–water partition coefficient (Wildman–Crippen LogP) is 3.51. The third-order valence-corrected chi connectivity index (χ3v) is 3.02. The maximum absolute atomic E-state index is 9.29. The zero-order chi connectivity index (χ0) is 9.14. The Labute approximate surface area is 86.9 Å². The second kappa shape index (κ2) is 4.12. The van der Waals surface area contributed by atoms with E-state index in [1.54, 1.807) is 6.07 Å². The average molecular weight is 276 g/mol. The first-order valence-corrected chi connectivity index (χ1v) is 5.21. The molecule has 1 atom stereocenters. The Morgan fingerprint density at radius 3 is 2.67 bits per heavy atom. The molecule has 0 bridgehead atoms. The van der Waals surface area contributed by atoms with Gasteiger partial charge in [-0.05, 0) is 52.6 Å². The lowest BCUT2D eigenvalue weighted by Gasteiger charge is -2.09. The monoisotopic (exact) mass is 276 g/mol. The van der Waals surface area contributed by atoms with Gasteiger partial charge in [-0.3, -0.25) is 0 Å². The fraction of sp³-hybridized carbons (Fsp3) is 0.400. The second-order valence-electron chi connectivity index (χ2n) is 3.02. The molecule has 66 valence electrons. The molecule has 1 N–H and O–H groups in total. The minimum atomic E-state index is 0.377. The van der Waals surface area contributed by atoms with Gasteiger partial charge in [0.05, 0.1) is 3.57 Å². The van der Waals surface area contributed by atoms with Gasteiger partial charge in [0.25, 0.3) is 0 Å². The minimum absolute atomic E-state index is 0.377. The van der Waals surface area contributed by atoms with Crippen LogP contribution in [0.25, 0.3) is 0 Å². The van der Waals surface area contributed by atoms with E-state index >= 15 is 0 Å². The van der Waals surface area contributed by atoms with E-state index in [4.69, 9.17) is 0 Å². The lowest BCUT2D eigenvalue weighted by Crippen LogP contribution is -1.91. The molecule has 0 heterocycles. The fourth-order valence-corrected chi connectivity index (χ4v) is 1.60. The van der Waals surface area contributed by atoms with E-state index in [0.29, 0.717) is 11.7 Å². The number of hydrogen-bond donors (Lipinski definition) is 1. The van der Waals surface area contributed by atoms with Crippen molar-refractivity contribution in [3.05, 3.63) is 27.3 Å². The van der Waals surface area contributed by atoms with Crippen LogP contribution in [0.4, 0.5) is 0 Å². The summed E-state index contributed by atoms with van der Waals surface area (Å²) in [5.74, 6) is 0.960. The lowest BCUT2D eigenvalue weighted by molar-refractivity contribution is 0.471. The lowest BCUT2D eigenvalue weighted by atomic mass is 9.99. The molecule has 1 aromatic rings. The van der Waals surface area contributed by atoms with Crippen LogP contribution in [0.15, 0.2) is 18.2 Å². The molecule has 1 rings (SSSR count). The highest BCUT2D eigenvalue weighted by atomic mass is 127. The van der Waals surface area contributed by atoms with Crippen LogP contribution in [0, 0.1) is 3.57 Å². The molecule has 1 aromatic carbocycles. The molecule has 12 heavy (non-hydrogen) atoms. The quantitative estimate of drug-likeness (QED) is 0.819. The van der Waals surface area contributed by atoms with Gasteiger partial charge in [-0.1, -0.05) is 19.9 Å². The Morgan fingerprint density at radius 2 is 2.17 bits per heavy atom. The van der Waals surface area contributed by atoms with Gasteiger partial charge in [-0.2, -0.15) is 0 Å². The maximum Gasteiger partial charge on any atom is 0.128 e. The molecule has 0 aliphatic heterocycles. The number of benzene rings is 1. The first-order valence-electron chi connectivity index (χ1n) is 4.13. The van der Waals surface area contributed by atoms with Crippen LogP contribution in [-0.4, -0.2) is 5.11 Å². The highest BCUT2D eigenvalue weighted by Crippen LogP contribution is 2.25. The van der Waals surface area contributed by atoms with Crippen molar-refractivity contribution in [1.29, 1.82) is 0 Å². The molecule has 0 spiro atoms. The zero-order valence-corrected chi connectivity index (χ0v) is 9.50. The van der Waals surface area contributed by atoms with Crippen molar-refractivity contribution in [3.63, 3.8) is 0 Å². The summed E-state index contributed by atoms with van der Waals surface area (Å²) < 4.78 is 0.936. The highest BCUT2D eigenvalue weighted by Gasteiger charge is 2.04. The molecule has 2 heteroatoms. The number of hydrogen-bond acceptors (Lipinski definition) is 1. The van der Waals surface area contributed by atoms with Crippen LogP contribution in [-0.2, 0) is 0 Å². The van der Waals surface area contributed by atoms with E-state index in [0.717, 1.165) is 9.99 Å². The summed E-state index contributed by atoms with van der Waals surface area (Å²) in [4.78, 5) is 0. The molecule has 0 fully saturated rings. The van der Waals surface area contributed by atoms with E-state index in [1.165, 1.54) is 5.56 Å². The normalized spacial score (nSPS) is 12.9. The molecule has 0 radical (unpaired) electrons. The molecule has 1 unspecified atom stereocenters. The van der Waals surface area contributed by atoms with Gasteiger partial charge in [-0.25, -0.2) is 0 Å². The van der Waals surface area contributed by atoms with E-state index in [2.05, 4.69) is 36.4 Å². The van der Waals surface area contributed by atoms with E-state index in [9.17, 15) is 5.11 Å². The molecule has 0 aromatic heterocycles. The third kappa shape index (κ3) is 2.12. The summed E-state index contributed by atoms with van der Waals surface area (Å²) in [7, 11) is 0. The fourth-order valence-electron chi connectivity index (χ4n) is 1.07. The maximum atomic E-state index is 9.29. The average Bonchev–Trinajstić information content (AvgIpc) is 2.08. The van der Waals surface area contributed by atoms with Crippen LogP contribution in [0.5, 0.6) is 5.75 Å². The Bertz CT molecular complexity index is 271. The SMILES string of the molecule is CCC(C)c1ccc(O)c(I)c1. The summed E-state index contributed by atoms with van der Waals surface area (Å²) in [6.45, 7) is 4.37. The first kappa shape index (κ1) is 9.84. The van der Waals surface area contributed by atoms with Gasteiger partial charge in [0, 0.05) is 0 Å². The van der Waals surface area contributed by atoms with Gasteiger partial charge < -0.3 is 5.11 Å². The topological polar surface area (TPSA) is 20.2 Å². The van der Waals surface area contributed by atoms with Crippen molar-refractivity contribution in [3.8, 4) is 5.75 Å². The smallest absolute Gasteiger partial charge is 0.128 e. The van der Waals surface area contributed by atoms with Crippen LogP contribution < -0.4 is 0 Å². The van der Waals surface area contributed by atoms with Crippen LogP contribution in [0.3, 0.4) is 0 Å². The van der Waals surface area contributed by atoms with Crippen LogP contribution >= 0.6 is 22.6 Å². The number of aromatic hydroxyl groups is 1. The molecule has 0 amide bonds. The molecule has 0 saturated carbocycles. The molecule has 1 nitrogen and oxygen atoms in total. The van der Waals surface area contributed by atoms with Crippen LogP contribution in [0.2, 0.25) is 0 Å². The van der Waals surface area contributed by atoms with Crippen molar-refractivity contribution >= 4 is 22.6 Å². The third-order valence-electron chi connectivity index (χ3n) is 2.15. The van der Waals surface area contributed by atoms with Gasteiger partial charge in [0.15, 0.2) is 0 Å². The molecule has 0 saturated heterocycles. The molecular weight excluding hydrogens is 263 g/mol. The van der Waals surface area contributed by atoms with E-state index in [1.807, 2.05) is 12.1 Å². The van der Waals surface area contributed by atoms with Gasteiger partial charge in [0.2, 0.25) is 0 Å². The minimum Gasteiger partial charge on any atom is -0.507 e. The number of phenolic OH excluding ortho intramolecular Hbond substituents is 1. The molecule has 0 aliphatic rings. The van der Waals surface area contributed by atoms with Gasteiger partial charge >= 0.3 is 0 Å². The molecular formula is C10H13IO. The van der Waals surface area contributed by atoms with Crippen LogP contribution in [0.1, 0.15) is 31.7 Å². The number of halogens is 1. The summed E-state index contributed by atoms with van der Waals surface area (Å²) >= 11 is 2.15. The summed E-state index contributed by atoms with van der Waals surface area (Å²) in [6, 6.07) is 5.80. The summed E-state index contributed by atoms with van der Waals surface area (Å²) in [6.07, 6.45) is 1.14. The number of phenols is 1. The van der Waals surface area contributed by atoms with Crippen molar-refractivity contribution in [2.45, 2.75) is 26.2 Å². The first-order chi connectivity index (χ1) is 5.65. The Morgan fingerprint density at radius 1 is 1.50 bits per heavy atom. The van der Waals surface area contributed by atoms with Crippen molar-refractivity contribution in [2.75, 3.05) is 0 Å². The van der Waals surface area contributed by atoms with E-state index in [-0.39, 0.29) is 0 Å². The second-order valence-corrected chi connectivity index (χ2v) is 4.18. The van der Waals surface area contributed by atoms with Crippen molar-refractivity contribution in [1.82, 2.24) is 0 Å². The van der Waals surface area contributed by atoms with Gasteiger partial charge in [0.1, 0.15) is 5.75 Å². The largest absolute Gasteiger partial charge is 0.507 e. The van der Waals surface area contributed by atoms with Gasteiger partial charge in [-0.15, -0.1) is 0 Å². The Hall–Kier alpha value is -0.250. The van der Waals surface area contributed by atoms with E-state index < -0.39 is 0 Å². The number of rotatable bonds is 2.